The minimum atomic E-state index is -0.303. The van der Waals surface area contributed by atoms with Crippen LogP contribution in [0.3, 0.4) is 0 Å². The van der Waals surface area contributed by atoms with Crippen molar-refractivity contribution in [1.29, 1.82) is 0 Å². The molecule has 1 heterocycles. The molecule has 16 heavy (non-hydrogen) atoms. The maximum atomic E-state index is 11.5. The fraction of sp³-hybridized carbons (Fsp3) is 0.250. The summed E-state index contributed by atoms with van der Waals surface area (Å²) in [5.74, 6) is -0.0306. The molecule has 0 spiro atoms. The van der Waals surface area contributed by atoms with E-state index in [1.165, 1.54) is 0 Å². The van der Waals surface area contributed by atoms with Crippen LogP contribution in [0.2, 0.25) is 0 Å². The van der Waals surface area contributed by atoms with Crippen molar-refractivity contribution in [3.05, 3.63) is 35.6 Å². The molecule has 0 saturated heterocycles. The SMILES string of the molecule is Cc1ccc2cc(C(=O)NCCO)oc2c1. The van der Waals surface area contributed by atoms with E-state index in [4.69, 9.17) is 9.52 Å². The second kappa shape index (κ2) is 4.37. The second-order valence-corrected chi connectivity index (χ2v) is 3.63. The molecule has 0 aliphatic rings. The third-order valence-electron chi connectivity index (χ3n) is 2.30. The number of carbonyl (C=O) groups excluding carboxylic acids is 1. The maximum Gasteiger partial charge on any atom is 0.287 e. The van der Waals surface area contributed by atoms with Gasteiger partial charge in [-0.05, 0) is 24.6 Å². The minimum absolute atomic E-state index is 0.0783. The fourth-order valence-electron chi connectivity index (χ4n) is 1.51. The average molecular weight is 219 g/mol. The zero-order chi connectivity index (χ0) is 11.5. The number of aliphatic hydroxyl groups is 1. The number of aliphatic hydroxyl groups excluding tert-OH is 1. The molecule has 0 aliphatic heterocycles. The van der Waals surface area contributed by atoms with Crippen LogP contribution >= 0.6 is 0 Å². The predicted octanol–water partition coefficient (Wildman–Crippen LogP) is 1.46. The van der Waals surface area contributed by atoms with Gasteiger partial charge in [-0.3, -0.25) is 4.79 Å². The monoisotopic (exact) mass is 219 g/mol. The normalized spacial score (nSPS) is 10.6. The molecule has 0 radical (unpaired) electrons. The molecule has 0 fully saturated rings. The molecule has 1 aromatic heterocycles. The van der Waals surface area contributed by atoms with Crippen molar-refractivity contribution in [2.24, 2.45) is 0 Å². The van der Waals surface area contributed by atoms with Gasteiger partial charge in [0.15, 0.2) is 5.76 Å². The maximum absolute atomic E-state index is 11.5. The van der Waals surface area contributed by atoms with Crippen molar-refractivity contribution in [1.82, 2.24) is 5.32 Å². The van der Waals surface area contributed by atoms with Crippen LogP contribution in [-0.2, 0) is 0 Å². The van der Waals surface area contributed by atoms with Crippen LogP contribution in [-0.4, -0.2) is 24.2 Å². The van der Waals surface area contributed by atoms with Crippen LogP contribution in [0.25, 0.3) is 11.0 Å². The van der Waals surface area contributed by atoms with Crippen molar-refractivity contribution < 1.29 is 14.3 Å². The van der Waals surface area contributed by atoms with Crippen LogP contribution in [0.15, 0.2) is 28.7 Å². The molecule has 1 amide bonds. The quantitative estimate of drug-likeness (QED) is 0.821. The third kappa shape index (κ3) is 2.06. The lowest BCUT2D eigenvalue weighted by molar-refractivity contribution is 0.0919. The summed E-state index contributed by atoms with van der Waals surface area (Å²) >= 11 is 0. The third-order valence-corrected chi connectivity index (χ3v) is 2.30. The molecule has 2 rings (SSSR count). The molecule has 0 atom stereocenters. The Kier molecular flexibility index (Phi) is 2.92. The van der Waals surface area contributed by atoms with Gasteiger partial charge in [0.05, 0.1) is 6.61 Å². The van der Waals surface area contributed by atoms with Crippen molar-refractivity contribution in [3.8, 4) is 0 Å². The predicted molar refractivity (Wildman–Crippen MR) is 60.4 cm³/mol. The molecule has 0 unspecified atom stereocenters. The fourth-order valence-corrected chi connectivity index (χ4v) is 1.51. The van der Waals surface area contributed by atoms with Gasteiger partial charge in [-0.15, -0.1) is 0 Å². The molecule has 0 saturated carbocycles. The first-order valence-corrected chi connectivity index (χ1v) is 5.10. The summed E-state index contributed by atoms with van der Waals surface area (Å²) in [6.45, 7) is 2.12. The standard InChI is InChI=1S/C12H13NO3/c1-8-2-3-9-7-11(16-10(9)6-8)12(15)13-4-5-14/h2-3,6-7,14H,4-5H2,1H3,(H,13,15). The summed E-state index contributed by atoms with van der Waals surface area (Å²) in [6, 6.07) is 7.46. The number of nitrogens with one attached hydrogen (secondary N) is 1. The van der Waals surface area contributed by atoms with Crippen LogP contribution in [0.5, 0.6) is 0 Å². The lowest BCUT2D eigenvalue weighted by atomic mass is 10.2. The Morgan fingerprint density at radius 2 is 2.25 bits per heavy atom. The Morgan fingerprint density at radius 3 is 3.00 bits per heavy atom. The van der Waals surface area contributed by atoms with Gasteiger partial charge >= 0.3 is 0 Å². The molecule has 1 aromatic carbocycles. The lowest BCUT2D eigenvalue weighted by Crippen LogP contribution is -2.25. The molecular formula is C12H13NO3. The summed E-state index contributed by atoms with van der Waals surface area (Å²) < 4.78 is 5.41. The van der Waals surface area contributed by atoms with E-state index in [2.05, 4.69) is 5.32 Å². The van der Waals surface area contributed by atoms with Crippen molar-refractivity contribution in [3.63, 3.8) is 0 Å². The minimum Gasteiger partial charge on any atom is -0.451 e. The number of hydrogen-bond acceptors (Lipinski definition) is 3. The lowest BCUT2D eigenvalue weighted by Gasteiger charge is -1.98. The highest BCUT2D eigenvalue weighted by Crippen LogP contribution is 2.20. The molecular weight excluding hydrogens is 206 g/mol. The summed E-state index contributed by atoms with van der Waals surface area (Å²) in [4.78, 5) is 11.5. The van der Waals surface area contributed by atoms with Gasteiger partial charge in [0.2, 0.25) is 0 Å². The van der Waals surface area contributed by atoms with Crippen LogP contribution in [0, 0.1) is 6.92 Å². The first kappa shape index (κ1) is 10.7. The Labute approximate surface area is 92.9 Å². The number of benzene rings is 1. The summed E-state index contributed by atoms with van der Waals surface area (Å²) in [5.41, 5.74) is 1.79. The number of aryl methyl sites for hydroxylation is 1. The summed E-state index contributed by atoms with van der Waals surface area (Å²) in [7, 11) is 0. The van der Waals surface area contributed by atoms with Crippen molar-refractivity contribution in [2.45, 2.75) is 6.92 Å². The Balaban J connectivity index is 2.28. The largest absolute Gasteiger partial charge is 0.451 e. The van der Waals surface area contributed by atoms with E-state index in [0.717, 1.165) is 10.9 Å². The second-order valence-electron chi connectivity index (χ2n) is 3.63. The van der Waals surface area contributed by atoms with E-state index in [0.29, 0.717) is 5.58 Å². The highest BCUT2D eigenvalue weighted by Gasteiger charge is 2.11. The molecule has 84 valence electrons. The zero-order valence-corrected chi connectivity index (χ0v) is 8.99. The highest BCUT2D eigenvalue weighted by atomic mass is 16.3. The first-order valence-electron chi connectivity index (χ1n) is 5.10. The number of hydrogen-bond donors (Lipinski definition) is 2. The van der Waals surface area contributed by atoms with Crippen molar-refractivity contribution in [2.75, 3.05) is 13.2 Å². The van der Waals surface area contributed by atoms with Crippen LogP contribution in [0.4, 0.5) is 0 Å². The number of amides is 1. The van der Waals surface area contributed by atoms with E-state index in [9.17, 15) is 4.79 Å². The number of carbonyl (C=O) groups is 1. The first-order chi connectivity index (χ1) is 7.70. The van der Waals surface area contributed by atoms with E-state index >= 15 is 0 Å². The van der Waals surface area contributed by atoms with Gasteiger partial charge in [0, 0.05) is 11.9 Å². The Hall–Kier alpha value is -1.81. The number of rotatable bonds is 3. The van der Waals surface area contributed by atoms with Gasteiger partial charge in [0.25, 0.3) is 5.91 Å². The van der Waals surface area contributed by atoms with Gasteiger partial charge in [-0.1, -0.05) is 12.1 Å². The van der Waals surface area contributed by atoms with E-state index in [-0.39, 0.29) is 24.8 Å². The van der Waals surface area contributed by atoms with Crippen LogP contribution < -0.4 is 5.32 Å². The summed E-state index contributed by atoms with van der Waals surface area (Å²) in [6.07, 6.45) is 0. The zero-order valence-electron chi connectivity index (χ0n) is 8.99. The summed E-state index contributed by atoms with van der Waals surface area (Å²) in [5, 5.41) is 12.0. The topological polar surface area (TPSA) is 62.5 Å². The Bertz CT molecular complexity index is 516. The Morgan fingerprint density at radius 1 is 1.44 bits per heavy atom. The van der Waals surface area contributed by atoms with Gasteiger partial charge in [0.1, 0.15) is 5.58 Å². The molecule has 4 heteroatoms. The van der Waals surface area contributed by atoms with E-state index < -0.39 is 0 Å². The molecule has 0 aliphatic carbocycles. The van der Waals surface area contributed by atoms with Crippen LogP contribution in [0.1, 0.15) is 16.1 Å². The smallest absolute Gasteiger partial charge is 0.287 e. The van der Waals surface area contributed by atoms with E-state index in [1.54, 1.807) is 6.07 Å². The van der Waals surface area contributed by atoms with Crippen molar-refractivity contribution >= 4 is 16.9 Å². The highest BCUT2D eigenvalue weighted by molar-refractivity contribution is 5.96. The number of fused-ring (bicyclic) bond motifs is 1. The molecule has 4 nitrogen and oxygen atoms in total. The number of furan rings is 1. The van der Waals surface area contributed by atoms with Gasteiger partial charge < -0.3 is 14.8 Å². The molecule has 2 N–H and O–H groups in total. The van der Waals surface area contributed by atoms with E-state index in [1.807, 2.05) is 25.1 Å². The van der Waals surface area contributed by atoms with Gasteiger partial charge in [-0.2, -0.15) is 0 Å². The molecule has 0 bridgehead atoms. The van der Waals surface area contributed by atoms with Gasteiger partial charge in [-0.25, -0.2) is 0 Å². The average Bonchev–Trinajstić information content (AvgIpc) is 2.68. The molecule has 2 aromatic rings.